The summed E-state index contributed by atoms with van der Waals surface area (Å²) in [6.45, 7) is 0. The van der Waals surface area contributed by atoms with E-state index >= 15 is 0 Å². The molecule has 12 aromatic rings. The fourth-order valence-corrected chi connectivity index (χ4v) is 9.11. The smallest absolute Gasteiger partial charge is 0.164 e. The normalized spacial score (nSPS) is 11.5. The molecule has 3 heterocycles. The summed E-state index contributed by atoms with van der Waals surface area (Å²) in [5.41, 5.74) is 14.3. The van der Waals surface area contributed by atoms with Crippen LogP contribution < -0.4 is 0 Å². The number of nitrogens with zero attached hydrogens (tertiary/aromatic N) is 5. The summed E-state index contributed by atoms with van der Waals surface area (Å²) in [4.78, 5) is 15.0. The summed E-state index contributed by atoms with van der Waals surface area (Å²) in [5.74, 6) is 1.92. The maximum atomic E-state index is 5.03. The third-order valence-corrected chi connectivity index (χ3v) is 12.0. The number of rotatable bonds is 7. The molecule has 0 radical (unpaired) electrons. The van der Waals surface area contributed by atoms with Crippen LogP contribution in [0.5, 0.6) is 0 Å². The number of hydrogen-bond donors (Lipinski definition) is 0. The van der Waals surface area contributed by atoms with Gasteiger partial charge in [0.15, 0.2) is 17.5 Å². The lowest BCUT2D eigenvalue weighted by atomic mass is 10.00. The van der Waals surface area contributed by atoms with Crippen molar-refractivity contribution < 1.29 is 0 Å². The summed E-state index contributed by atoms with van der Waals surface area (Å²) >= 11 is 0. The fraction of sp³-hybridized carbons (Fsp3) is 0. The summed E-state index contributed by atoms with van der Waals surface area (Å²) in [7, 11) is 0. The number of fused-ring (bicyclic) bond motifs is 6. The Morgan fingerprint density at radius 3 is 1.42 bits per heavy atom. The minimum Gasteiger partial charge on any atom is -0.309 e. The van der Waals surface area contributed by atoms with E-state index in [9.17, 15) is 0 Å². The third kappa shape index (κ3) is 5.98. The molecule has 5 nitrogen and oxygen atoms in total. The van der Waals surface area contributed by atoms with Crippen LogP contribution in [-0.4, -0.2) is 24.1 Å². The number of aromatic nitrogens is 5. The van der Waals surface area contributed by atoms with Crippen LogP contribution in [0.4, 0.5) is 0 Å². The monoisotopic (exact) mass is 791 g/mol. The minimum atomic E-state index is 0.631. The van der Waals surface area contributed by atoms with E-state index in [0.717, 1.165) is 50.3 Å². The van der Waals surface area contributed by atoms with Crippen molar-refractivity contribution in [3.63, 3.8) is 0 Å². The average Bonchev–Trinajstić information content (AvgIpc) is 3.87. The fourth-order valence-electron chi connectivity index (χ4n) is 9.11. The van der Waals surface area contributed by atoms with Gasteiger partial charge in [-0.15, -0.1) is 0 Å². The second-order valence-corrected chi connectivity index (χ2v) is 15.6. The van der Waals surface area contributed by atoms with Gasteiger partial charge in [-0.25, -0.2) is 15.0 Å². The van der Waals surface area contributed by atoms with Crippen molar-refractivity contribution in [2.45, 2.75) is 0 Å². The van der Waals surface area contributed by atoms with Gasteiger partial charge in [0.25, 0.3) is 0 Å². The molecule has 0 aliphatic heterocycles. The van der Waals surface area contributed by atoms with Crippen LogP contribution in [0.1, 0.15) is 0 Å². The summed E-state index contributed by atoms with van der Waals surface area (Å²) in [5, 5.41) is 4.91. The Hall–Kier alpha value is -8.41. The second kappa shape index (κ2) is 14.7. The van der Waals surface area contributed by atoms with Crippen LogP contribution in [0.25, 0.3) is 111 Å². The van der Waals surface area contributed by atoms with Gasteiger partial charge in [0.1, 0.15) is 0 Å². The van der Waals surface area contributed by atoms with Crippen molar-refractivity contribution in [2.24, 2.45) is 0 Å². The Morgan fingerprint density at radius 1 is 0.258 bits per heavy atom. The Kier molecular flexibility index (Phi) is 8.42. The van der Waals surface area contributed by atoms with Crippen molar-refractivity contribution in [1.82, 2.24) is 24.1 Å². The summed E-state index contributed by atoms with van der Waals surface area (Å²) in [6, 6.07) is 79.4. The first-order valence-corrected chi connectivity index (χ1v) is 20.9. The van der Waals surface area contributed by atoms with E-state index in [2.05, 4.69) is 173 Å². The molecule has 9 aromatic carbocycles. The first-order chi connectivity index (χ1) is 30.7. The van der Waals surface area contributed by atoms with Crippen molar-refractivity contribution in [2.75, 3.05) is 0 Å². The van der Waals surface area contributed by atoms with Crippen LogP contribution in [-0.2, 0) is 0 Å². The largest absolute Gasteiger partial charge is 0.309 e. The van der Waals surface area contributed by atoms with Gasteiger partial charge < -0.3 is 9.13 Å². The summed E-state index contributed by atoms with van der Waals surface area (Å²) in [6.07, 6.45) is 0. The zero-order valence-corrected chi connectivity index (χ0v) is 33.6. The molecule has 0 fully saturated rings. The van der Waals surface area contributed by atoms with Crippen molar-refractivity contribution in [3.05, 3.63) is 224 Å². The van der Waals surface area contributed by atoms with Crippen molar-refractivity contribution in [3.8, 4) is 67.8 Å². The van der Waals surface area contributed by atoms with E-state index < -0.39 is 0 Å². The molecule has 0 saturated heterocycles. The second-order valence-electron chi connectivity index (χ2n) is 15.6. The van der Waals surface area contributed by atoms with Crippen LogP contribution in [0.3, 0.4) is 0 Å². The molecule has 0 bridgehead atoms. The van der Waals surface area contributed by atoms with Gasteiger partial charge in [-0.2, -0.15) is 0 Å². The number of benzene rings is 9. The molecule has 290 valence electrons. The van der Waals surface area contributed by atoms with Crippen LogP contribution >= 0.6 is 0 Å². The van der Waals surface area contributed by atoms with Gasteiger partial charge in [-0.05, 0) is 65.2 Å². The van der Waals surface area contributed by atoms with E-state index in [1.165, 1.54) is 43.7 Å². The van der Waals surface area contributed by atoms with Gasteiger partial charge >= 0.3 is 0 Å². The van der Waals surface area contributed by atoms with Gasteiger partial charge in [0.05, 0.1) is 22.1 Å². The van der Waals surface area contributed by atoms with Gasteiger partial charge in [-0.3, -0.25) is 0 Å². The topological polar surface area (TPSA) is 48.5 Å². The van der Waals surface area contributed by atoms with E-state index in [1.54, 1.807) is 0 Å². The molecule has 0 aliphatic rings. The molecule has 0 spiro atoms. The predicted octanol–water partition coefficient (Wildman–Crippen LogP) is 14.4. The molecule has 12 rings (SSSR count). The lowest BCUT2D eigenvalue weighted by molar-refractivity contribution is 1.07. The Morgan fingerprint density at radius 2 is 0.726 bits per heavy atom. The molecule has 0 N–H and O–H groups in total. The van der Waals surface area contributed by atoms with Crippen molar-refractivity contribution in [1.29, 1.82) is 0 Å². The van der Waals surface area contributed by atoms with Crippen LogP contribution in [0.15, 0.2) is 224 Å². The molecule has 0 aliphatic carbocycles. The van der Waals surface area contributed by atoms with Gasteiger partial charge in [0, 0.05) is 55.2 Å². The first kappa shape index (κ1) is 35.5. The highest BCUT2D eigenvalue weighted by Crippen LogP contribution is 2.41. The van der Waals surface area contributed by atoms with Crippen LogP contribution in [0.2, 0.25) is 0 Å². The third-order valence-electron chi connectivity index (χ3n) is 12.0. The van der Waals surface area contributed by atoms with E-state index in [4.69, 9.17) is 15.0 Å². The molecule has 0 atom stereocenters. The molecular formula is C57H37N5. The Labute approximate surface area is 358 Å². The minimum absolute atomic E-state index is 0.631. The highest BCUT2D eigenvalue weighted by Gasteiger charge is 2.19. The zero-order chi connectivity index (χ0) is 41.0. The van der Waals surface area contributed by atoms with Crippen LogP contribution in [0, 0.1) is 0 Å². The summed E-state index contributed by atoms with van der Waals surface area (Å²) < 4.78 is 4.83. The first-order valence-electron chi connectivity index (χ1n) is 20.9. The highest BCUT2D eigenvalue weighted by molar-refractivity contribution is 6.15. The van der Waals surface area contributed by atoms with Gasteiger partial charge in [-0.1, -0.05) is 176 Å². The molecule has 0 saturated carbocycles. The van der Waals surface area contributed by atoms with Gasteiger partial charge in [0.2, 0.25) is 0 Å². The maximum absolute atomic E-state index is 5.03. The molecule has 3 aromatic heterocycles. The predicted molar refractivity (Wildman–Crippen MR) is 256 cm³/mol. The molecule has 0 amide bonds. The van der Waals surface area contributed by atoms with E-state index in [1.807, 2.05) is 60.7 Å². The number of hydrogen-bond acceptors (Lipinski definition) is 3. The van der Waals surface area contributed by atoms with E-state index in [0.29, 0.717) is 17.5 Å². The lowest BCUT2D eigenvalue weighted by Gasteiger charge is -2.14. The highest BCUT2D eigenvalue weighted by atomic mass is 15.0. The molecule has 0 unspecified atom stereocenters. The zero-order valence-electron chi connectivity index (χ0n) is 33.6. The SMILES string of the molecule is c1ccc(-c2nc(-c3ccccc3)nc(-c3cccc(-c4cccc(-n5c6ccccc6c6cccc(-c7ccc8c9ccccc9n(-c9ccccc9)c8c7)c65)c4)c3)n2)cc1. The lowest BCUT2D eigenvalue weighted by Crippen LogP contribution is -2.00. The maximum Gasteiger partial charge on any atom is 0.164 e. The van der Waals surface area contributed by atoms with Crippen molar-refractivity contribution >= 4 is 43.6 Å². The molecular weight excluding hydrogens is 755 g/mol. The average molecular weight is 792 g/mol. The standard InChI is InChI=1S/C57H37N5/c1-4-17-38(18-5-1)55-58-56(39-19-6-2-7-20-39)60-57(59-55)43-23-14-21-40(35-43)41-22-15-26-45(36-41)62-52-32-13-11-28-48(52)50-30-16-29-46(54(50)62)42-33-34-49-47-27-10-12-31-51(47)61(53(49)37-42)44-24-8-3-9-25-44/h1-37H. The Balaban J connectivity index is 1.01. The molecule has 62 heavy (non-hydrogen) atoms. The quantitative estimate of drug-likeness (QED) is 0.162. The molecule has 5 heteroatoms. The Bertz CT molecular complexity index is 3570. The van der Waals surface area contributed by atoms with E-state index in [-0.39, 0.29) is 0 Å². The number of para-hydroxylation sites is 4.